The number of rotatable bonds is 5. The number of benzene rings is 2. The third-order valence-corrected chi connectivity index (χ3v) is 4.62. The molecule has 3 rings (SSSR count). The maximum absolute atomic E-state index is 13.0. The number of halogens is 1. The molecule has 1 aliphatic rings. The summed E-state index contributed by atoms with van der Waals surface area (Å²) in [5, 5.41) is 2.58. The minimum Gasteiger partial charge on any atom is -0.493 e. The van der Waals surface area contributed by atoms with Crippen LogP contribution in [0.25, 0.3) is 6.08 Å². The van der Waals surface area contributed by atoms with E-state index in [1.165, 1.54) is 23.9 Å². The minimum absolute atomic E-state index is 0.234. The molecule has 1 N–H and O–H groups in total. The quantitative estimate of drug-likeness (QED) is 0.634. The number of carbonyl (C=O) groups is 1. The van der Waals surface area contributed by atoms with Gasteiger partial charge in [-0.2, -0.15) is 0 Å². The van der Waals surface area contributed by atoms with E-state index >= 15 is 0 Å². The highest BCUT2D eigenvalue weighted by Crippen LogP contribution is 2.35. The lowest BCUT2D eigenvalue weighted by molar-refractivity contribution is -0.115. The smallest absolute Gasteiger partial charge is 0.263 e. The van der Waals surface area contributed by atoms with Gasteiger partial charge in [0.25, 0.3) is 5.91 Å². The summed E-state index contributed by atoms with van der Waals surface area (Å²) in [7, 11) is 1.54. The van der Waals surface area contributed by atoms with Crippen LogP contribution in [-0.2, 0) is 11.4 Å². The standard InChI is InChI=1S/C18H14FNO3S2/c1-22-14-4-2-3-12(9-15-17(21)20-18(24)25-15)16(14)23-10-11-5-7-13(19)8-6-11/h2-9H,10H2,1H3,(H,20,21,24)/b15-9+. The van der Waals surface area contributed by atoms with E-state index in [2.05, 4.69) is 5.32 Å². The summed E-state index contributed by atoms with van der Waals surface area (Å²) < 4.78 is 24.7. The van der Waals surface area contributed by atoms with Crippen molar-refractivity contribution in [3.63, 3.8) is 0 Å². The molecule has 1 saturated heterocycles. The SMILES string of the molecule is COc1cccc(/C=C2/SC(=S)NC2=O)c1OCc1ccc(F)cc1. The topological polar surface area (TPSA) is 47.6 Å². The second kappa shape index (κ2) is 7.67. The lowest BCUT2D eigenvalue weighted by atomic mass is 10.1. The zero-order chi connectivity index (χ0) is 17.8. The van der Waals surface area contributed by atoms with E-state index in [1.807, 2.05) is 12.1 Å². The molecule has 1 heterocycles. The predicted octanol–water partition coefficient (Wildman–Crippen LogP) is 3.90. The van der Waals surface area contributed by atoms with Crippen LogP contribution in [0.1, 0.15) is 11.1 Å². The van der Waals surface area contributed by atoms with Crippen molar-refractivity contribution in [2.75, 3.05) is 7.11 Å². The van der Waals surface area contributed by atoms with Gasteiger partial charge < -0.3 is 14.8 Å². The number of amides is 1. The molecule has 2 aromatic carbocycles. The fourth-order valence-corrected chi connectivity index (χ4v) is 3.30. The molecule has 0 bridgehead atoms. The van der Waals surface area contributed by atoms with E-state index in [0.29, 0.717) is 26.3 Å². The zero-order valence-electron chi connectivity index (χ0n) is 13.2. The average Bonchev–Trinajstić information content (AvgIpc) is 2.92. The van der Waals surface area contributed by atoms with Crippen molar-refractivity contribution >= 4 is 40.3 Å². The number of ether oxygens (including phenoxy) is 2. The van der Waals surface area contributed by atoms with Gasteiger partial charge in [0.1, 0.15) is 16.7 Å². The molecule has 2 aromatic rings. The average molecular weight is 375 g/mol. The van der Waals surface area contributed by atoms with Crippen LogP contribution in [-0.4, -0.2) is 17.3 Å². The van der Waals surface area contributed by atoms with E-state index in [9.17, 15) is 9.18 Å². The van der Waals surface area contributed by atoms with Crippen LogP contribution >= 0.6 is 24.0 Å². The van der Waals surface area contributed by atoms with E-state index in [0.717, 1.165) is 5.56 Å². The van der Waals surface area contributed by atoms with Crippen molar-refractivity contribution in [1.82, 2.24) is 5.32 Å². The highest BCUT2D eigenvalue weighted by atomic mass is 32.2. The van der Waals surface area contributed by atoms with Crippen LogP contribution in [0.15, 0.2) is 47.4 Å². The van der Waals surface area contributed by atoms with E-state index in [1.54, 1.807) is 31.4 Å². The summed E-state index contributed by atoms with van der Waals surface area (Å²) in [5.41, 5.74) is 1.52. The number of methoxy groups -OCH3 is 1. The van der Waals surface area contributed by atoms with Gasteiger partial charge in [-0.15, -0.1) is 0 Å². The summed E-state index contributed by atoms with van der Waals surface area (Å²) in [6, 6.07) is 11.5. The number of thiocarbonyl (C=S) groups is 1. The fraction of sp³-hybridized carbons (Fsp3) is 0.111. The lowest BCUT2D eigenvalue weighted by Crippen LogP contribution is -2.17. The Balaban J connectivity index is 1.89. The zero-order valence-corrected chi connectivity index (χ0v) is 14.9. The Bertz CT molecular complexity index is 850. The summed E-state index contributed by atoms with van der Waals surface area (Å²) in [6.45, 7) is 0.245. The number of carbonyl (C=O) groups excluding carboxylic acids is 1. The molecule has 4 nitrogen and oxygen atoms in total. The van der Waals surface area contributed by atoms with Crippen molar-refractivity contribution < 1.29 is 18.7 Å². The molecule has 0 aliphatic carbocycles. The largest absolute Gasteiger partial charge is 0.493 e. The first-order valence-corrected chi connectivity index (χ1v) is 8.58. The number of hydrogen-bond acceptors (Lipinski definition) is 5. The first-order valence-electron chi connectivity index (χ1n) is 7.36. The van der Waals surface area contributed by atoms with E-state index in [4.69, 9.17) is 21.7 Å². The van der Waals surface area contributed by atoms with Gasteiger partial charge in [-0.1, -0.05) is 48.2 Å². The Morgan fingerprint density at radius 2 is 2.00 bits per heavy atom. The van der Waals surface area contributed by atoms with Crippen molar-refractivity contribution in [3.8, 4) is 11.5 Å². The number of para-hydroxylation sites is 1. The van der Waals surface area contributed by atoms with Crippen molar-refractivity contribution in [2.45, 2.75) is 6.61 Å². The molecule has 1 aliphatic heterocycles. The fourth-order valence-electron chi connectivity index (χ4n) is 2.26. The van der Waals surface area contributed by atoms with Crippen molar-refractivity contribution in [1.29, 1.82) is 0 Å². The van der Waals surface area contributed by atoms with Crippen molar-refractivity contribution in [3.05, 3.63) is 64.3 Å². The summed E-state index contributed by atoms with van der Waals surface area (Å²) in [4.78, 5) is 12.4. The molecule has 25 heavy (non-hydrogen) atoms. The normalized spacial score (nSPS) is 15.4. The van der Waals surface area contributed by atoms with Gasteiger partial charge in [-0.05, 0) is 29.8 Å². The molecule has 0 unspecified atom stereocenters. The predicted molar refractivity (Wildman–Crippen MR) is 100 cm³/mol. The monoisotopic (exact) mass is 375 g/mol. The van der Waals surface area contributed by atoms with Crippen LogP contribution in [0.2, 0.25) is 0 Å². The molecule has 128 valence electrons. The molecule has 0 spiro atoms. The second-order valence-corrected chi connectivity index (χ2v) is 6.86. The van der Waals surface area contributed by atoms with Crippen molar-refractivity contribution in [2.24, 2.45) is 0 Å². The van der Waals surface area contributed by atoms with Gasteiger partial charge in [0.2, 0.25) is 0 Å². The summed E-state index contributed by atoms with van der Waals surface area (Å²) in [5.74, 6) is 0.518. The Morgan fingerprint density at radius 3 is 2.64 bits per heavy atom. The molecule has 1 amide bonds. The van der Waals surface area contributed by atoms with Crippen LogP contribution in [0, 0.1) is 5.82 Å². The lowest BCUT2D eigenvalue weighted by Gasteiger charge is -2.13. The van der Waals surface area contributed by atoms with Gasteiger partial charge in [-0.25, -0.2) is 4.39 Å². The second-order valence-electron chi connectivity index (χ2n) is 5.15. The third-order valence-electron chi connectivity index (χ3n) is 3.45. The van der Waals surface area contributed by atoms with Gasteiger partial charge in [0.05, 0.1) is 12.0 Å². The number of hydrogen-bond donors (Lipinski definition) is 1. The molecular weight excluding hydrogens is 361 g/mol. The minimum atomic E-state index is -0.299. The van der Waals surface area contributed by atoms with Gasteiger partial charge in [0.15, 0.2) is 11.5 Å². The first-order chi connectivity index (χ1) is 12.1. The molecular formula is C18H14FNO3S2. The van der Waals surface area contributed by atoms with Gasteiger partial charge in [0, 0.05) is 5.56 Å². The van der Waals surface area contributed by atoms with Gasteiger partial charge in [-0.3, -0.25) is 4.79 Å². The Hall–Kier alpha value is -2.38. The van der Waals surface area contributed by atoms with Gasteiger partial charge >= 0.3 is 0 Å². The molecule has 0 aromatic heterocycles. The Kier molecular flexibility index (Phi) is 5.35. The third kappa shape index (κ3) is 4.18. The first kappa shape index (κ1) is 17.4. The van der Waals surface area contributed by atoms with E-state index < -0.39 is 0 Å². The highest BCUT2D eigenvalue weighted by Gasteiger charge is 2.23. The summed E-state index contributed by atoms with van der Waals surface area (Å²) >= 11 is 6.20. The highest BCUT2D eigenvalue weighted by molar-refractivity contribution is 8.26. The molecule has 0 radical (unpaired) electrons. The maximum Gasteiger partial charge on any atom is 0.263 e. The Morgan fingerprint density at radius 1 is 1.24 bits per heavy atom. The van der Waals surface area contributed by atoms with Crippen LogP contribution in [0.5, 0.6) is 11.5 Å². The Labute approximate surface area is 154 Å². The van der Waals surface area contributed by atoms with Crippen LogP contribution in [0.3, 0.4) is 0 Å². The summed E-state index contributed by atoms with van der Waals surface area (Å²) in [6.07, 6.45) is 1.71. The molecule has 1 fully saturated rings. The van der Waals surface area contributed by atoms with Crippen LogP contribution in [0.4, 0.5) is 4.39 Å². The molecule has 7 heteroatoms. The number of nitrogens with one attached hydrogen (secondary N) is 1. The number of thioether (sulfide) groups is 1. The maximum atomic E-state index is 13.0. The molecule has 0 atom stereocenters. The van der Waals surface area contributed by atoms with Crippen LogP contribution < -0.4 is 14.8 Å². The molecule has 0 saturated carbocycles. The van der Waals surface area contributed by atoms with E-state index in [-0.39, 0.29) is 18.3 Å².